The van der Waals surface area contributed by atoms with E-state index in [0.717, 1.165) is 25.8 Å². The third kappa shape index (κ3) is 19.3. The number of imidazole rings is 1. The van der Waals surface area contributed by atoms with Crippen molar-refractivity contribution in [2.45, 2.75) is 194 Å². The van der Waals surface area contributed by atoms with E-state index in [-0.39, 0.29) is 0 Å². The van der Waals surface area contributed by atoms with Crippen molar-refractivity contribution in [3.05, 3.63) is 53.6 Å². The second kappa shape index (κ2) is 26.1. The van der Waals surface area contributed by atoms with E-state index in [1.54, 1.807) is 0 Å². The Labute approximate surface area is 256 Å². The highest BCUT2D eigenvalue weighted by atomic mass is 15.1. The number of hydrogen-bond acceptors (Lipinski definition) is 1. The van der Waals surface area contributed by atoms with Crippen molar-refractivity contribution in [1.29, 1.82) is 0 Å². The minimum Gasteiger partial charge on any atom is -0.335 e. The average molecular weight is 565 g/mol. The molecule has 2 nitrogen and oxygen atoms in total. The third-order valence-electron chi connectivity index (χ3n) is 8.91. The first-order chi connectivity index (χ1) is 20.3. The van der Waals surface area contributed by atoms with Crippen LogP contribution >= 0.6 is 0 Å². The number of hydrogen-bond donors (Lipinski definition) is 0. The lowest BCUT2D eigenvalue weighted by Crippen LogP contribution is -2.03. The Bertz CT molecular complexity index is 808. The van der Waals surface area contributed by atoms with E-state index in [1.807, 2.05) is 0 Å². The van der Waals surface area contributed by atoms with Crippen LogP contribution in [0, 0.1) is 0 Å². The molecule has 0 saturated heterocycles. The van der Waals surface area contributed by atoms with Crippen molar-refractivity contribution < 1.29 is 0 Å². The quantitative estimate of drug-likeness (QED) is 0.0898. The Balaban J connectivity index is 1.60. The number of benzene rings is 1. The summed E-state index contributed by atoms with van der Waals surface area (Å²) in [5.41, 5.74) is 2.76. The number of unbranched alkanes of at least 4 members (excludes halogenated alkanes) is 21. The Morgan fingerprint density at radius 1 is 0.463 bits per heavy atom. The van der Waals surface area contributed by atoms with Crippen molar-refractivity contribution in [2.24, 2.45) is 0 Å². The highest BCUT2D eigenvalue weighted by molar-refractivity contribution is 5.15. The predicted octanol–water partition coefficient (Wildman–Crippen LogP) is 12.6. The molecule has 2 aromatic rings. The second-order valence-electron chi connectivity index (χ2n) is 12.9. The topological polar surface area (TPSA) is 17.8 Å². The normalized spacial score (nSPS) is 11.5. The van der Waals surface area contributed by atoms with Gasteiger partial charge in [0.15, 0.2) is 0 Å². The van der Waals surface area contributed by atoms with Crippen molar-refractivity contribution in [3.8, 4) is 0 Å². The molecule has 0 saturated carbocycles. The molecule has 41 heavy (non-hydrogen) atoms. The molecule has 0 N–H and O–H groups in total. The fourth-order valence-electron chi connectivity index (χ4n) is 6.22. The van der Waals surface area contributed by atoms with Gasteiger partial charge in [0.25, 0.3) is 0 Å². The molecule has 0 spiro atoms. The molecule has 0 fully saturated rings. The summed E-state index contributed by atoms with van der Waals surface area (Å²) >= 11 is 0. The van der Waals surface area contributed by atoms with Crippen LogP contribution in [0.2, 0.25) is 0 Å². The van der Waals surface area contributed by atoms with Gasteiger partial charge in [0, 0.05) is 19.2 Å². The molecule has 1 heterocycles. The van der Waals surface area contributed by atoms with Crippen molar-refractivity contribution in [2.75, 3.05) is 0 Å². The molecule has 0 unspecified atom stereocenters. The molecule has 0 aliphatic rings. The third-order valence-corrected chi connectivity index (χ3v) is 8.91. The molecule has 234 valence electrons. The molecule has 1 aromatic heterocycles. The van der Waals surface area contributed by atoms with Gasteiger partial charge in [0.2, 0.25) is 0 Å². The van der Waals surface area contributed by atoms with Crippen LogP contribution in [-0.4, -0.2) is 9.55 Å². The average Bonchev–Trinajstić information content (AvgIpc) is 3.38. The molecular weight excluding hydrogens is 496 g/mol. The number of rotatable bonds is 29. The van der Waals surface area contributed by atoms with Crippen LogP contribution in [0.1, 0.15) is 185 Å². The standard InChI is InChI=1S/C39H68N2/c1-3-5-7-9-11-13-14-15-16-17-18-19-21-23-28-35-41-36-38(33-29-32-37-30-25-24-26-31-37)40-39(41)34-27-22-20-12-10-8-6-4-2/h24-26,30-31,36H,3-23,27-29,32-35H2,1-2H3. The maximum atomic E-state index is 5.15. The van der Waals surface area contributed by atoms with Crippen molar-refractivity contribution in [1.82, 2.24) is 9.55 Å². The fraction of sp³-hybridized carbons (Fsp3) is 0.769. The summed E-state index contributed by atoms with van der Waals surface area (Å²) in [6.45, 7) is 5.77. The Kier molecular flexibility index (Phi) is 22.7. The zero-order valence-electron chi connectivity index (χ0n) is 27.7. The molecule has 0 aliphatic carbocycles. The van der Waals surface area contributed by atoms with E-state index in [9.17, 15) is 0 Å². The van der Waals surface area contributed by atoms with Crippen molar-refractivity contribution >= 4 is 0 Å². The molecule has 0 bridgehead atoms. The number of aromatic nitrogens is 2. The summed E-state index contributed by atoms with van der Waals surface area (Å²) in [5, 5.41) is 0. The predicted molar refractivity (Wildman–Crippen MR) is 182 cm³/mol. The van der Waals surface area contributed by atoms with Crippen LogP contribution in [0.5, 0.6) is 0 Å². The van der Waals surface area contributed by atoms with Crippen LogP contribution in [-0.2, 0) is 25.8 Å². The Morgan fingerprint density at radius 2 is 0.927 bits per heavy atom. The minimum atomic E-state index is 1.10. The molecule has 0 radical (unpaired) electrons. The van der Waals surface area contributed by atoms with Crippen LogP contribution < -0.4 is 0 Å². The van der Waals surface area contributed by atoms with E-state index in [2.05, 4.69) is 54.9 Å². The highest BCUT2D eigenvalue weighted by Crippen LogP contribution is 2.17. The summed E-state index contributed by atoms with van der Waals surface area (Å²) < 4.78 is 2.53. The van der Waals surface area contributed by atoms with E-state index in [4.69, 9.17) is 4.98 Å². The summed E-state index contributed by atoms with van der Waals surface area (Å²) in [6.07, 6.45) is 39.5. The van der Waals surface area contributed by atoms with Gasteiger partial charge in [0.1, 0.15) is 5.82 Å². The van der Waals surface area contributed by atoms with Gasteiger partial charge in [-0.25, -0.2) is 4.98 Å². The molecule has 2 heteroatoms. The maximum Gasteiger partial charge on any atom is 0.108 e. The van der Waals surface area contributed by atoms with Crippen LogP contribution in [0.4, 0.5) is 0 Å². The zero-order valence-corrected chi connectivity index (χ0v) is 27.7. The smallest absolute Gasteiger partial charge is 0.108 e. The lowest BCUT2D eigenvalue weighted by Gasteiger charge is -2.08. The lowest BCUT2D eigenvalue weighted by atomic mass is 10.0. The number of nitrogens with zero attached hydrogens (tertiary/aromatic N) is 2. The maximum absolute atomic E-state index is 5.15. The van der Waals surface area contributed by atoms with Gasteiger partial charge in [-0.1, -0.05) is 179 Å². The SMILES string of the molecule is CCCCCCCCCCCCCCCCCn1cc(CCCc2ccccc2)nc1CCCCCCCCCC. The molecule has 2 rings (SSSR count). The van der Waals surface area contributed by atoms with Crippen molar-refractivity contribution in [3.63, 3.8) is 0 Å². The summed E-state index contributed by atoms with van der Waals surface area (Å²) in [4.78, 5) is 5.15. The van der Waals surface area contributed by atoms with Crippen LogP contribution in [0.25, 0.3) is 0 Å². The molecule has 0 aliphatic heterocycles. The summed E-state index contributed by atoms with van der Waals surface area (Å²) in [6, 6.07) is 10.9. The second-order valence-corrected chi connectivity index (χ2v) is 12.9. The van der Waals surface area contributed by atoms with Gasteiger partial charge in [0.05, 0.1) is 5.69 Å². The van der Waals surface area contributed by atoms with Gasteiger partial charge in [-0.2, -0.15) is 0 Å². The first kappa shape index (κ1) is 35.6. The largest absolute Gasteiger partial charge is 0.335 e. The minimum absolute atomic E-state index is 1.10. The van der Waals surface area contributed by atoms with Crippen LogP contribution in [0.3, 0.4) is 0 Å². The summed E-state index contributed by atoms with van der Waals surface area (Å²) in [5.74, 6) is 1.36. The van der Waals surface area contributed by atoms with Gasteiger partial charge < -0.3 is 4.57 Å². The lowest BCUT2D eigenvalue weighted by molar-refractivity contribution is 0.515. The van der Waals surface area contributed by atoms with E-state index in [0.29, 0.717) is 0 Å². The first-order valence-electron chi connectivity index (χ1n) is 18.4. The Morgan fingerprint density at radius 3 is 1.44 bits per heavy atom. The Hall–Kier alpha value is -1.57. The monoisotopic (exact) mass is 565 g/mol. The summed E-state index contributed by atoms with van der Waals surface area (Å²) in [7, 11) is 0. The molecule has 0 atom stereocenters. The van der Waals surface area contributed by atoms with Gasteiger partial charge in [-0.3, -0.25) is 0 Å². The van der Waals surface area contributed by atoms with E-state index < -0.39 is 0 Å². The van der Waals surface area contributed by atoms with Crippen LogP contribution in [0.15, 0.2) is 36.5 Å². The number of aryl methyl sites for hydroxylation is 4. The van der Waals surface area contributed by atoms with E-state index in [1.165, 1.54) is 171 Å². The van der Waals surface area contributed by atoms with E-state index >= 15 is 0 Å². The molecular formula is C39H68N2. The molecule has 0 amide bonds. The fourth-order valence-corrected chi connectivity index (χ4v) is 6.22. The highest BCUT2D eigenvalue weighted by Gasteiger charge is 2.09. The molecule has 1 aromatic carbocycles. The van der Waals surface area contributed by atoms with Gasteiger partial charge in [-0.15, -0.1) is 0 Å². The van der Waals surface area contributed by atoms with Gasteiger partial charge >= 0.3 is 0 Å². The van der Waals surface area contributed by atoms with Gasteiger partial charge in [-0.05, 0) is 37.7 Å². The zero-order chi connectivity index (χ0) is 29.1. The first-order valence-corrected chi connectivity index (χ1v) is 18.4.